The topological polar surface area (TPSA) is 38.3 Å². The smallest absolute Gasteiger partial charge is 0.306 e. The Bertz CT molecular complexity index is 267. The van der Waals surface area contributed by atoms with Crippen LogP contribution in [0.15, 0.2) is 0 Å². The molecule has 1 saturated carbocycles. The van der Waals surface area contributed by atoms with E-state index in [2.05, 4.69) is 19.2 Å². The first-order valence-corrected chi connectivity index (χ1v) is 8.65. The number of nitrogens with one attached hydrogen (secondary N) is 1. The second-order valence-electron chi connectivity index (χ2n) is 5.80. The Morgan fingerprint density at radius 1 is 1.47 bits per heavy atom. The summed E-state index contributed by atoms with van der Waals surface area (Å²) in [6.45, 7) is 5.59. The Labute approximate surface area is 122 Å². The highest BCUT2D eigenvalue weighted by Gasteiger charge is 2.44. The molecule has 4 heteroatoms. The largest absolute Gasteiger partial charge is 0.469 e. The van der Waals surface area contributed by atoms with Crippen molar-refractivity contribution in [3.63, 3.8) is 0 Å². The Morgan fingerprint density at radius 3 is 2.79 bits per heavy atom. The molecule has 112 valence electrons. The van der Waals surface area contributed by atoms with E-state index in [9.17, 15) is 4.79 Å². The van der Waals surface area contributed by atoms with Gasteiger partial charge in [0.1, 0.15) is 0 Å². The molecule has 0 heterocycles. The normalized spacial score (nSPS) is 18.1. The molecular formula is C15H29NO2S. The van der Waals surface area contributed by atoms with Gasteiger partial charge in [-0.2, -0.15) is 11.8 Å². The van der Waals surface area contributed by atoms with Gasteiger partial charge in [-0.15, -0.1) is 0 Å². The Balaban J connectivity index is 2.00. The van der Waals surface area contributed by atoms with Gasteiger partial charge in [-0.1, -0.05) is 6.92 Å². The average molecular weight is 287 g/mol. The van der Waals surface area contributed by atoms with E-state index in [4.69, 9.17) is 4.74 Å². The van der Waals surface area contributed by atoms with E-state index in [0.29, 0.717) is 12.5 Å². The summed E-state index contributed by atoms with van der Waals surface area (Å²) in [7, 11) is 1.48. The lowest BCUT2D eigenvalue weighted by atomic mass is 10.1. The summed E-state index contributed by atoms with van der Waals surface area (Å²) in [6.07, 6.45) is 6.72. The lowest BCUT2D eigenvalue weighted by molar-refractivity contribution is -0.141. The van der Waals surface area contributed by atoms with Gasteiger partial charge in [-0.25, -0.2) is 0 Å². The number of rotatable bonds is 11. The number of hydrogen-bond acceptors (Lipinski definition) is 4. The zero-order valence-electron chi connectivity index (χ0n) is 12.7. The molecule has 0 aliphatic heterocycles. The van der Waals surface area contributed by atoms with Crippen molar-refractivity contribution in [2.24, 2.45) is 5.41 Å². The highest BCUT2D eigenvalue weighted by molar-refractivity contribution is 7.99. The molecule has 0 amide bonds. The van der Waals surface area contributed by atoms with Gasteiger partial charge in [0.2, 0.25) is 0 Å². The molecule has 19 heavy (non-hydrogen) atoms. The second-order valence-corrected chi connectivity index (χ2v) is 6.91. The third-order valence-electron chi connectivity index (χ3n) is 3.78. The molecule has 0 aromatic carbocycles. The molecule has 1 unspecified atom stereocenters. The van der Waals surface area contributed by atoms with Crippen LogP contribution in [0.3, 0.4) is 0 Å². The minimum absolute atomic E-state index is 0.0458. The quantitative estimate of drug-likeness (QED) is 0.468. The highest BCUT2D eigenvalue weighted by Crippen LogP contribution is 2.51. The molecule has 1 N–H and O–H groups in total. The van der Waals surface area contributed by atoms with Gasteiger partial charge in [0.25, 0.3) is 0 Å². The molecular weight excluding hydrogens is 258 g/mol. The van der Waals surface area contributed by atoms with Crippen LogP contribution in [0.5, 0.6) is 0 Å². The maximum Gasteiger partial charge on any atom is 0.306 e. The van der Waals surface area contributed by atoms with E-state index < -0.39 is 0 Å². The Hall–Kier alpha value is -0.220. The summed E-state index contributed by atoms with van der Waals surface area (Å²) in [5.41, 5.74) is 0.282. The van der Waals surface area contributed by atoms with Gasteiger partial charge in [0, 0.05) is 6.04 Å². The molecule has 1 aliphatic rings. The number of esters is 1. The van der Waals surface area contributed by atoms with Crippen LogP contribution in [0.2, 0.25) is 0 Å². The molecule has 0 spiro atoms. The molecule has 1 fully saturated rings. The van der Waals surface area contributed by atoms with E-state index >= 15 is 0 Å². The fraction of sp³-hybridized carbons (Fsp3) is 0.933. The molecule has 0 aromatic heterocycles. The van der Waals surface area contributed by atoms with Crippen LogP contribution in [0.4, 0.5) is 0 Å². The molecule has 0 bridgehead atoms. The van der Waals surface area contributed by atoms with E-state index in [1.807, 2.05) is 11.8 Å². The standard InChI is InChI=1S/C15H29NO2S/c1-4-9-16-13(2)6-5-10-19-12-15(7-8-15)11-14(17)18-3/h13,16H,4-12H2,1-3H3. The Kier molecular flexibility index (Phi) is 7.84. The third kappa shape index (κ3) is 7.21. The van der Waals surface area contributed by atoms with Crippen molar-refractivity contribution in [1.82, 2.24) is 5.32 Å². The fourth-order valence-electron chi connectivity index (χ4n) is 2.20. The van der Waals surface area contributed by atoms with Crippen LogP contribution in [0, 0.1) is 5.41 Å². The van der Waals surface area contributed by atoms with Crippen molar-refractivity contribution in [3.05, 3.63) is 0 Å². The lowest BCUT2D eigenvalue weighted by Crippen LogP contribution is -2.26. The molecule has 0 saturated heterocycles. The molecule has 0 radical (unpaired) electrons. The van der Waals surface area contributed by atoms with Gasteiger partial charge in [-0.05, 0) is 62.5 Å². The molecule has 1 aliphatic carbocycles. The number of carbonyl (C=O) groups is 1. The number of hydrogen-bond donors (Lipinski definition) is 1. The van der Waals surface area contributed by atoms with Crippen LogP contribution < -0.4 is 5.32 Å². The predicted octanol–water partition coefficient (Wildman–Crippen LogP) is 3.23. The van der Waals surface area contributed by atoms with E-state index in [1.54, 1.807) is 0 Å². The van der Waals surface area contributed by atoms with E-state index in [-0.39, 0.29) is 11.4 Å². The SMILES string of the molecule is CCCNC(C)CCCSCC1(CC(=O)OC)CC1. The lowest BCUT2D eigenvalue weighted by Gasteiger charge is -2.15. The average Bonchev–Trinajstić information content (AvgIpc) is 3.15. The first-order chi connectivity index (χ1) is 9.12. The van der Waals surface area contributed by atoms with Crippen molar-refractivity contribution in [2.75, 3.05) is 25.2 Å². The number of methoxy groups -OCH3 is 1. The Morgan fingerprint density at radius 2 is 2.21 bits per heavy atom. The summed E-state index contributed by atoms with van der Waals surface area (Å²) >= 11 is 2.01. The maximum atomic E-state index is 11.3. The molecule has 3 nitrogen and oxygen atoms in total. The van der Waals surface area contributed by atoms with Gasteiger partial charge in [0.15, 0.2) is 0 Å². The van der Waals surface area contributed by atoms with E-state index in [0.717, 1.165) is 12.3 Å². The van der Waals surface area contributed by atoms with Crippen molar-refractivity contribution >= 4 is 17.7 Å². The first kappa shape index (κ1) is 16.8. The number of carbonyl (C=O) groups excluding carboxylic acids is 1. The monoisotopic (exact) mass is 287 g/mol. The van der Waals surface area contributed by atoms with Gasteiger partial charge in [0.05, 0.1) is 13.5 Å². The van der Waals surface area contributed by atoms with Crippen LogP contribution in [0.25, 0.3) is 0 Å². The van der Waals surface area contributed by atoms with Gasteiger partial charge >= 0.3 is 5.97 Å². The predicted molar refractivity (Wildman–Crippen MR) is 82.6 cm³/mol. The van der Waals surface area contributed by atoms with Crippen molar-refractivity contribution < 1.29 is 9.53 Å². The van der Waals surface area contributed by atoms with Gasteiger partial charge in [-0.3, -0.25) is 4.79 Å². The number of ether oxygens (including phenoxy) is 1. The summed E-state index contributed by atoms with van der Waals surface area (Å²) < 4.78 is 4.77. The molecule has 1 atom stereocenters. The highest BCUT2D eigenvalue weighted by atomic mass is 32.2. The summed E-state index contributed by atoms with van der Waals surface area (Å²) in [6, 6.07) is 0.630. The van der Waals surface area contributed by atoms with Crippen molar-refractivity contribution in [1.29, 1.82) is 0 Å². The fourth-order valence-corrected chi connectivity index (χ4v) is 3.54. The summed E-state index contributed by atoms with van der Waals surface area (Å²) in [5.74, 6) is 2.29. The second kappa shape index (κ2) is 8.85. The molecule has 0 aromatic rings. The van der Waals surface area contributed by atoms with Crippen LogP contribution >= 0.6 is 11.8 Å². The minimum atomic E-state index is -0.0458. The van der Waals surface area contributed by atoms with E-state index in [1.165, 1.54) is 45.0 Å². The zero-order chi connectivity index (χ0) is 14.1. The van der Waals surface area contributed by atoms with Crippen molar-refractivity contribution in [3.8, 4) is 0 Å². The molecule has 1 rings (SSSR count). The third-order valence-corrected chi connectivity index (χ3v) is 5.17. The van der Waals surface area contributed by atoms with Crippen molar-refractivity contribution in [2.45, 2.75) is 58.4 Å². The minimum Gasteiger partial charge on any atom is -0.469 e. The van der Waals surface area contributed by atoms with Crippen LogP contribution in [-0.4, -0.2) is 37.2 Å². The number of thioether (sulfide) groups is 1. The summed E-state index contributed by atoms with van der Waals surface area (Å²) in [5, 5.41) is 3.52. The first-order valence-electron chi connectivity index (χ1n) is 7.50. The van der Waals surface area contributed by atoms with Crippen LogP contribution in [0.1, 0.15) is 52.4 Å². The summed E-state index contributed by atoms with van der Waals surface area (Å²) in [4.78, 5) is 11.3. The van der Waals surface area contributed by atoms with Crippen LogP contribution in [-0.2, 0) is 9.53 Å². The maximum absolute atomic E-state index is 11.3. The zero-order valence-corrected chi connectivity index (χ0v) is 13.5. The van der Waals surface area contributed by atoms with Gasteiger partial charge < -0.3 is 10.1 Å².